The van der Waals surface area contributed by atoms with Crippen molar-refractivity contribution in [2.75, 3.05) is 14.2 Å². The van der Waals surface area contributed by atoms with Crippen molar-refractivity contribution in [1.29, 1.82) is 0 Å². The molecular formula is C13H14O5. The van der Waals surface area contributed by atoms with Gasteiger partial charge in [-0.2, -0.15) is 0 Å². The van der Waals surface area contributed by atoms with Gasteiger partial charge in [-0.05, 0) is 12.1 Å². The summed E-state index contributed by atoms with van der Waals surface area (Å²) in [5, 5.41) is 0. The van der Waals surface area contributed by atoms with Gasteiger partial charge in [-0.15, -0.1) is 0 Å². The van der Waals surface area contributed by atoms with Crippen LogP contribution in [0.1, 0.15) is 23.2 Å². The molecule has 0 amide bonds. The van der Waals surface area contributed by atoms with Crippen LogP contribution in [-0.4, -0.2) is 32.1 Å². The van der Waals surface area contributed by atoms with Gasteiger partial charge in [0.2, 0.25) is 0 Å². The van der Waals surface area contributed by atoms with Crippen LogP contribution in [0.3, 0.4) is 0 Å². The maximum Gasteiger partial charge on any atom is 0.309 e. The first kappa shape index (κ1) is 12.4. The lowest BCUT2D eigenvalue weighted by Crippen LogP contribution is -2.29. The Labute approximate surface area is 105 Å². The number of hydrogen-bond donors (Lipinski definition) is 0. The Morgan fingerprint density at radius 2 is 2.22 bits per heavy atom. The first-order valence-corrected chi connectivity index (χ1v) is 5.58. The van der Waals surface area contributed by atoms with E-state index in [2.05, 4.69) is 4.74 Å². The van der Waals surface area contributed by atoms with E-state index in [0.29, 0.717) is 17.1 Å². The zero-order chi connectivity index (χ0) is 13.1. The Kier molecular flexibility index (Phi) is 3.50. The fraction of sp³-hybridized carbons (Fsp3) is 0.385. The summed E-state index contributed by atoms with van der Waals surface area (Å²) in [6.07, 6.45) is -0.211. The molecule has 0 spiro atoms. The van der Waals surface area contributed by atoms with Crippen molar-refractivity contribution < 1.29 is 23.8 Å². The van der Waals surface area contributed by atoms with Crippen molar-refractivity contribution in [1.82, 2.24) is 0 Å². The van der Waals surface area contributed by atoms with Crippen LogP contribution in [0, 0.1) is 0 Å². The van der Waals surface area contributed by atoms with Crippen LogP contribution in [0.25, 0.3) is 0 Å². The van der Waals surface area contributed by atoms with Gasteiger partial charge in [0.25, 0.3) is 0 Å². The van der Waals surface area contributed by atoms with Gasteiger partial charge in [0.05, 0.1) is 26.2 Å². The van der Waals surface area contributed by atoms with Crippen LogP contribution in [0.2, 0.25) is 0 Å². The monoisotopic (exact) mass is 250 g/mol. The first-order valence-electron chi connectivity index (χ1n) is 5.58. The van der Waals surface area contributed by atoms with E-state index < -0.39 is 6.10 Å². The van der Waals surface area contributed by atoms with E-state index in [1.807, 2.05) is 0 Å². The quantitative estimate of drug-likeness (QED) is 0.762. The minimum atomic E-state index is -0.468. The Balaban J connectivity index is 2.20. The Bertz CT molecular complexity index is 480. The van der Waals surface area contributed by atoms with Crippen LogP contribution in [-0.2, 0) is 9.53 Å². The van der Waals surface area contributed by atoms with Crippen molar-refractivity contribution in [3.8, 4) is 11.5 Å². The van der Waals surface area contributed by atoms with Gasteiger partial charge in [-0.25, -0.2) is 0 Å². The lowest BCUT2D eigenvalue weighted by atomic mass is 9.99. The molecule has 1 aliphatic rings. The van der Waals surface area contributed by atoms with Gasteiger partial charge >= 0.3 is 5.97 Å². The van der Waals surface area contributed by atoms with E-state index in [0.717, 1.165) is 0 Å². The third kappa shape index (κ3) is 2.45. The summed E-state index contributed by atoms with van der Waals surface area (Å²) in [5.74, 6) is 0.645. The smallest absolute Gasteiger partial charge is 0.309 e. The van der Waals surface area contributed by atoms with Gasteiger partial charge < -0.3 is 14.2 Å². The second kappa shape index (κ2) is 5.08. The summed E-state index contributed by atoms with van der Waals surface area (Å²) < 4.78 is 15.3. The van der Waals surface area contributed by atoms with Gasteiger partial charge in [0, 0.05) is 12.5 Å². The number of fused-ring (bicyclic) bond motifs is 1. The van der Waals surface area contributed by atoms with E-state index in [1.54, 1.807) is 18.2 Å². The second-order valence-electron chi connectivity index (χ2n) is 4.01. The average Bonchev–Trinajstić information content (AvgIpc) is 2.37. The average molecular weight is 250 g/mol. The number of carbonyl (C=O) groups is 2. The molecule has 1 heterocycles. The number of rotatable bonds is 3. The molecule has 18 heavy (non-hydrogen) atoms. The maximum atomic E-state index is 11.9. The SMILES string of the molecule is COC(=O)CC1CC(=O)c2ccc(OC)cc2O1. The van der Waals surface area contributed by atoms with Gasteiger partial charge in [0.1, 0.15) is 17.6 Å². The molecule has 2 rings (SSSR count). The molecule has 0 saturated carbocycles. The summed E-state index contributed by atoms with van der Waals surface area (Å²) in [6, 6.07) is 5.03. The summed E-state index contributed by atoms with van der Waals surface area (Å²) >= 11 is 0. The molecule has 0 radical (unpaired) electrons. The second-order valence-corrected chi connectivity index (χ2v) is 4.01. The molecule has 0 bridgehead atoms. The van der Waals surface area contributed by atoms with Crippen molar-refractivity contribution in [2.45, 2.75) is 18.9 Å². The first-order chi connectivity index (χ1) is 8.63. The molecule has 1 aromatic rings. The minimum absolute atomic E-state index is 0.0344. The molecule has 5 nitrogen and oxygen atoms in total. The Hall–Kier alpha value is -2.04. The largest absolute Gasteiger partial charge is 0.497 e. The number of Topliss-reactive ketones (excluding diaryl/α,β-unsaturated/α-hetero) is 1. The zero-order valence-corrected chi connectivity index (χ0v) is 10.3. The van der Waals surface area contributed by atoms with E-state index in [9.17, 15) is 9.59 Å². The van der Waals surface area contributed by atoms with Crippen LogP contribution in [0.4, 0.5) is 0 Å². The molecule has 1 aliphatic heterocycles. The number of esters is 1. The molecule has 1 atom stereocenters. The van der Waals surface area contributed by atoms with Gasteiger partial charge in [0.15, 0.2) is 5.78 Å². The van der Waals surface area contributed by atoms with E-state index in [4.69, 9.17) is 9.47 Å². The highest BCUT2D eigenvalue weighted by Gasteiger charge is 2.28. The highest BCUT2D eigenvalue weighted by Crippen LogP contribution is 2.32. The predicted molar refractivity (Wildman–Crippen MR) is 63.0 cm³/mol. The minimum Gasteiger partial charge on any atom is -0.497 e. The number of methoxy groups -OCH3 is 2. The number of hydrogen-bond acceptors (Lipinski definition) is 5. The van der Waals surface area contributed by atoms with E-state index >= 15 is 0 Å². The van der Waals surface area contributed by atoms with Crippen LogP contribution in [0.15, 0.2) is 18.2 Å². The summed E-state index contributed by atoms with van der Waals surface area (Å²) in [6.45, 7) is 0. The fourth-order valence-corrected chi connectivity index (χ4v) is 1.88. The van der Waals surface area contributed by atoms with Crippen molar-refractivity contribution >= 4 is 11.8 Å². The van der Waals surface area contributed by atoms with Crippen LogP contribution >= 0.6 is 0 Å². The van der Waals surface area contributed by atoms with Crippen LogP contribution < -0.4 is 9.47 Å². The fourth-order valence-electron chi connectivity index (χ4n) is 1.88. The molecule has 0 aromatic heterocycles. The standard InChI is InChI=1S/C13H14O5/c1-16-8-3-4-10-11(14)5-9(7-13(15)17-2)18-12(10)6-8/h3-4,6,9H,5,7H2,1-2H3. The van der Waals surface area contributed by atoms with E-state index in [1.165, 1.54) is 14.2 Å². The van der Waals surface area contributed by atoms with Gasteiger partial charge in [-0.3, -0.25) is 9.59 Å². The highest BCUT2D eigenvalue weighted by atomic mass is 16.5. The third-order valence-corrected chi connectivity index (χ3v) is 2.82. The molecule has 1 aromatic carbocycles. The van der Waals surface area contributed by atoms with Gasteiger partial charge in [-0.1, -0.05) is 0 Å². The number of carbonyl (C=O) groups excluding carboxylic acids is 2. The molecule has 1 unspecified atom stereocenters. The molecule has 96 valence electrons. The highest BCUT2D eigenvalue weighted by molar-refractivity contribution is 6.00. The molecule has 0 saturated heterocycles. The lowest BCUT2D eigenvalue weighted by molar-refractivity contribution is -0.142. The summed E-state index contributed by atoms with van der Waals surface area (Å²) in [5.41, 5.74) is 0.525. The normalized spacial score (nSPS) is 17.7. The number of benzene rings is 1. The number of ether oxygens (including phenoxy) is 3. The topological polar surface area (TPSA) is 61.8 Å². The van der Waals surface area contributed by atoms with Crippen molar-refractivity contribution in [3.05, 3.63) is 23.8 Å². The van der Waals surface area contributed by atoms with E-state index in [-0.39, 0.29) is 24.6 Å². The molecule has 0 aliphatic carbocycles. The maximum absolute atomic E-state index is 11.9. The third-order valence-electron chi connectivity index (χ3n) is 2.82. The van der Waals surface area contributed by atoms with Crippen LogP contribution in [0.5, 0.6) is 11.5 Å². The molecular weight excluding hydrogens is 236 g/mol. The summed E-state index contributed by atoms with van der Waals surface area (Å²) in [4.78, 5) is 23.1. The zero-order valence-electron chi connectivity index (χ0n) is 10.3. The van der Waals surface area contributed by atoms with Crippen molar-refractivity contribution in [3.63, 3.8) is 0 Å². The predicted octanol–water partition coefficient (Wildman–Crippen LogP) is 1.59. The summed E-state index contributed by atoms with van der Waals surface area (Å²) in [7, 11) is 2.85. The number of ketones is 1. The Morgan fingerprint density at radius 1 is 1.44 bits per heavy atom. The van der Waals surface area contributed by atoms with Crippen molar-refractivity contribution in [2.24, 2.45) is 0 Å². The lowest BCUT2D eigenvalue weighted by Gasteiger charge is -2.24. The molecule has 0 N–H and O–H groups in total. The molecule has 5 heteroatoms. The molecule has 0 fully saturated rings. The Morgan fingerprint density at radius 3 is 2.89 bits per heavy atom.